The van der Waals surface area contributed by atoms with E-state index in [9.17, 15) is 4.79 Å². The Morgan fingerprint density at radius 3 is 2.42 bits per heavy atom. The van der Waals surface area contributed by atoms with Crippen LogP contribution in [0.3, 0.4) is 0 Å². The van der Waals surface area contributed by atoms with Crippen molar-refractivity contribution in [3.05, 3.63) is 0 Å². The highest BCUT2D eigenvalue weighted by Gasteiger charge is 2.17. The van der Waals surface area contributed by atoms with Gasteiger partial charge in [0.25, 0.3) is 0 Å². The van der Waals surface area contributed by atoms with Gasteiger partial charge in [-0.2, -0.15) is 0 Å². The molecular formula is C8H17NO3. The first kappa shape index (κ1) is 11.4. The molecule has 0 fully saturated rings. The molecule has 1 N–H and O–H groups in total. The highest BCUT2D eigenvalue weighted by Crippen LogP contribution is 2.03. The second-order valence-electron chi connectivity index (χ2n) is 2.99. The summed E-state index contributed by atoms with van der Waals surface area (Å²) in [4.78, 5) is 12.1. The Hall–Kier alpha value is -0.610. The van der Waals surface area contributed by atoms with Crippen LogP contribution in [0.4, 0.5) is 0 Å². The van der Waals surface area contributed by atoms with Gasteiger partial charge in [-0.3, -0.25) is 9.69 Å². The van der Waals surface area contributed by atoms with E-state index in [4.69, 9.17) is 9.84 Å². The van der Waals surface area contributed by atoms with Gasteiger partial charge in [0, 0.05) is 13.2 Å². The van der Waals surface area contributed by atoms with E-state index in [1.165, 1.54) is 0 Å². The molecule has 0 aliphatic heterocycles. The molecule has 0 aromatic rings. The molecule has 4 nitrogen and oxygen atoms in total. The summed E-state index contributed by atoms with van der Waals surface area (Å²) in [5.74, 6) is -0.812. The van der Waals surface area contributed by atoms with Crippen LogP contribution in [0, 0.1) is 0 Å². The molecule has 0 heterocycles. The van der Waals surface area contributed by atoms with E-state index in [2.05, 4.69) is 0 Å². The summed E-state index contributed by atoms with van der Waals surface area (Å²) in [6, 6.07) is 0.117. The van der Waals surface area contributed by atoms with E-state index in [1.54, 1.807) is 19.1 Å². The van der Waals surface area contributed by atoms with Gasteiger partial charge in [-0.25, -0.2) is 0 Å². The van der Waals surface area contributed by atoms with Gasteiger partial charge in [-0.15, -0.1) is 0 Å². The van der Waals surface area contributed by atoms with Crippen LogP contribution < -0.4 is 0 Å². The molecule has 72 valence electrons. The van der Waals surface area contributed by atoms with Gasteiger partial charge in [-0.1, -0.05) is 0 Å². The molecule has 0 aromatic heterocycles. The van der Waals surface area contributed by atoms with Crippen LogP contribution in [-0.4, -0.2) is 48.8 Å². The summed E-state index contributed by atoms with van der Waals surface area (Å²) in [5, 5.41) is 8.50. The number of aliphatic carboxylic acids is 1. The van der Waals surface area contributed by atoms with Crippen molar-refractivity contribution >= 4 is 5.97 Å². The predicted molar refractivity (Wildman–Crippen MR) is 46.2 cm³/mol. The van der Waals surface area contributed by atoms with Crippen LogP contribution in [0.2, 0.25) is 0 Å². The van der Waals surface area contributed by atoms with Crippen molar-refractivity contribution < 1.29 is 14.6 Å². The van der Waals surface area contributed by atoms with Gasteiger partial charge in [-0.05, 0) is 20.9 Å². The number of nitrogens with zero attached hydrogens (tertiary/aromatic N) is 1. The first-order valence-electron chi connectivity index (χ1n) is 3.93. The molecule has 0 radical (unpaired) electrons. The minimum Gasteiger partial charge on any atom is -0.480 e. The third kappa shape index (κ3) is 3.69. The lowest BCUT2D eigenvalue weighted by molar-refractivity contribution is -0.139. The van der Waals surface area contributed by atoms with Crippen molar-refractivity contribution in [3.8, 4) is 0 Å². The van der Waals surface area contributed by atoms with E-state index < -0.39 is 5.97 Å². The van der Waals surface area contributed by atoms with Crippen LogP contribution in [-0.2, 0) is 9.53 Å². The Morgan fingerprint density at radius 2 is 2.08 bits per heavy atom. The number of hydrogen-bond acceptors (Lipinski definition) is 3. The normalized spacial score (nSPS) is 16.1. The molecule has 0 bridgehead atoms. The molecule has 2 unspecified atom stereocenters. The maximum absolute atomic E-state index is 10.3. The Morgan fingerprint density at radius 1 is 1.58 bits per heavy atom. The Labute approximate surface area is 73.1 Å². The number of carboxylic acid groups (broad SMARTS) is 1. The van der Waals surface area contributed by atoms with Crippen molar-refractivity contribution in [2.24, 2.45) is 0 Å². The van der Waals surface area contributed by atoms with Crippen LogP contribution in [0.1, 0.15) is 13.8 Å². The zero-order valence-electron chi connectivity index (χ0n) is 8.07. The van der Waals surface area contributed by atoms with E-state index in [1.807, 2.05) is 13.8 Å². The number of rotatable bonds is 5. The second kappa shape index (κ2) is 5.11. The molecule has 0 saturated heterocycles. The smallest absolute Gasteiger partial charge is 0.317 e. The molecule has 12 heavy (non-hydrogen) atoms. The molecule has 0 amide bonds. The number of methoxy groups -OCH3 is 1. The predicted octanol–water partition coefficient (Wildman–Crippen LogP) is 0.426. The first-order chi connectivity index (χ1) is 5.49. The van der Waals surface area contributed by atoms with Gasteiger partial charge in [0.05, 0.1) is 12.6 Å². The van der Waals surface area contributed by atoms with Gasteiger partial charge in [0.2, 0.25) is 0 Å². The maximum atomic E-state index is 10.3. The summed E-state index contributed by atoms with van der Waals surface area (Å²) in [6.45, 7) is 3.91. The van der Waals surface area contributed by atoms with Gasteiger partial charge < -0.3 is 9.84 Å². The third-order valence-electron chi connectivity index (χ3n) is 2.13. The van der Waals surface area contributed by atoms with E-state index >= 15 is 0 Å². The summed E-state index contributed by atoms with van der Waals surface area (Å²) in [5.41, 5.74) is 0. The fraction of sp³-hybridized carbons (Fsp3) is 0.875. The number of carboxylic acids is 1. The third-order valence-corrected chi connectivity index (χ3v) is 2.13. The largest absolute Gasteiger partial charge is 0.480 e. The van der Waals surface area contributed by atoms with E-state index in [0.29, 0.717) is 0 Å². The Kier molecular flexibility index (Phi) is 4.85. The molecule has 2 atom stereocenters. The molecule has 4 heteroatoms. The van der Waals surface area contributed by atoms with Crippen molar-refractivity contribution in [2.75, 3.05) is 20.7 Å². The topological polar surface area (TPSA) is 49.8 Å². The van der Waals surface area contributed by atoms with Gasteiger partial charge >= 0.3 is 5.97 Å². The quantitative estimate of drug-likeness (QED) is 0.658. The minimum absolute atomic E-state index is 0.0503. The SMILES string of the molecule is COC(C)C(C)N(C)CC(=O)O. The van der Waals surface area contributed by atoms with Gasteiger partial charge in [0.15, 0.2) is 0 Å². The molecule has 0 rings (SSSR count). The molecule has 0 saturated carbocycles. The number of carbonyl (C=O) groups is 1. The maximum Gasteiger partial charge on any atom is 0.317 e. The molecule has 0 aliphatic rings. The number of hydrogen-bond donors (Lipinski definition) is 1. The summed E-state index contributed by atoms with van der Waals surface area (Å²) in [7, 11) is 3.39. The summed E-state index contributed by atoms with van der Waals surface area (Å²) in [6.07, 6.45) is 0.0503. The van der Waals surface area contributed by atoms with Crippen molar-refractivity contribution in [3.63, 3.8) is 0 Å². The van der Waals surface area contributed by atoms with Crippen LogP contribution >= 0.6 is 0 Å². The lowest BCUT2D eigenvalue weighted by atomic mass is 10.2. The lowest BCUT2D eigenvalue weighted by Crippen LogP contribution is -2.41. The molecular weight excluding hydrogens is 158 g/mol. The van der Waals surface area contributed by atoms with Crippen LogP contribution in [0.5, 0.6) is 0 Å². The van der Waals surface area contributed by atoms with Crippen molar-refractivity contribution in [1.82, 2.24) is 4.90 Å². The number of ether oxygens (including phenoxy) is 1. The fourth-order valence-electron chi connectivity index (χ4n) is 0.913. The van der Waals surface area contributed by atoms with Crippen LogP contribution in [0.15, 0.2) is 0 Å². The molecule has 0 spiro atoms. The minimum atomic E-state index is -0.812. The Bertz CT molecular complexity index is 149. The summed E-state index contributed by atoms with van der Waals surface area (Å²) < 4.78 is 5.08. The van der Waals surface area contributed by atoms with Crippen molar-refractivity contribution in [1.29, 1.82) is 0 Å². The monoisotopic (exact) mass is 175 g/mol. The van der Waals surface area contributed by atoms with Crippen molar-refractivity contribution in [2.45, 2.75) is 26.0 Å². The average Bonchev–Trinajstić information content (AvgIpc) is 2.00. The standard InChI is InChI=1S/C8H17NO3/c1-6(7(2)12-4)9(3)5-8(10)11/h6-7H,5H2,1-4H3,(H,10,11). The van der Waals surface area contributed by atoms with E-state index in [0.717, 1.165) is 0 Å². The van der Waals surface area contributed by atoms with Gasteiger partial charge in [0.1, 0.15) is 0 Å². The molecule has 0 aromatic carbocycles. The van der Waals surface area contributed by atoms with Crippen LogP contribution in [0.25, 0.3) is 0 Å². The second-order valence-corrected chi connectivity index (χ2v) is 2.99. The lowest BCUT2D eigenvalue weighted by Gasteiger charge is -2.27. The summed E-state index contributed by atoms with van der Waals surface area (Å²) >= 11 is 0. The fourth-order valence-corrected chi connectivity index (χ4v) is 0.913. The zero-order chi connectivity index (χ0) is 9.72. The van der Waals surface area contributed by atoms with E-state index in [-0.39, 0.29) is 18.7 Å². The number of likely N-dealkylation sites (N-methyl/N-ethyl adjacent to an activating group) is 1. The highest BCUT2D eigenvalue weighted by atomic mass is 16.5. The molecule has 0 aliphatic carbocycles. The average molecular weight is 175 g/mol. The Balaban J connectivity index is 3.91. The zero-order valence-corrected chi connectivity index (χ0v) is 8.07. The first-order valence-corrected chi connectivity index (χ1v) is 3.93. The highest BCUT2D eigenvalue weighted by molar-refractivity contribution is 5.69.